The summed E-state index contributed by atoms with van der Waals surface area (Å²) < 4.78 is 0. The Morgan fingerprint density at radius 2 is 1.77 bits per heavy atom. The number of carbonyl (C=O) groups is 3. The van der Waals surface area contributed by atoms with Gasteiger partial charge in [0.25, 0.3) is 5.91 Å². The Hall–Kier alpha value is -2.57. The van der Waals surface area contributed by atoms with E-state index >= 15 is 0 Å². The molecular formula is C19H27N3O4. The monoisotopic (exact) mass is 361 g/mol. The first-order valence-electron chi connectivity index (χ1n) is 8.98. The molecule has 4 N–H and O–H groups in total. The van der Waals surface area contributed by atoms with Crippen LogP contribution in [0.25, 0.3) is 0 Å². The van der Waals surface area contributed by atoms with Crippen molar-refractivity contribution in [1.29, 1.82) is 0 Å². The van der Waals surface area contributed by atoms with Crippen molar-refractivity contribution in [2.24, 2.45) is 5.92 Å². The molecule has 0 heterocycles. The van der Waals surface area contributed by atoms with Crippen molar-refractivity contribution in [3.05, 3.63) is 29.3 Å². The van der Waals surface area contributed by atoms with Gasteiger partial charge in [0.1, 0.15) is 0 Å². The molecule has 1 aliphatic carbocycles. The topological polar surface area (TPSA) is 108 Å². The second-order valence-electron chi connectivity index (χ2n) is 7.14. The van der Waals surface area contributed by atoms with Gasteiger partial charge < -0.3 is 21.1 Å². The highest BCUT2D eigenvalue weighted by Gasteiger charge is 2.26. The van der Waals surface area contributed by atoms with Crippen LogP contribution in [0.2, 0.25) is 0 Å². The molecule has 0 bridgehead atoms. The SMILES string of the molecule is Cc1ccc(NC(=O)NC2CCC(C(=O)O)CC2)cc1C(=O)NC(C)C. The molecule has 2 rings (SSSR count). The molecule has 142 valence electrons. The molecule has 1 aliphatic rings. The van der Waals surface area contributed by atoms with E-state index < -0.39 is 5.97 Å². The number of rotatable bonds is 5. The van der Waals surface area contributed by atoms with Crippen LogP contribution in [0.1, 0.15) is 55.5 Å². The average molecular weight is 361 g/mol. The summed E-state index contributed by atoms with van der Waals surface area (Å²) in [6.45, 7) is 5.63. The summed E-state index contributed by atoms with van der Waals surface area (Å²) in [5.74, 6) is -1.25. The number of carboxylic acid groups (broad SMARTS) is 1. The molecule has 0 aliphatic heterocycles. The minimum atomic E-state index is -0.764. The first-order valence-corrected chi connectivity index (χ1v) is 8.98. The summed E-state index contributed by atoms with van der Waals surface area (Å²) in [6, 6.07) is 4.87. The zero-order valence-electron chi connectivity index (χ0n) is 15.5. The van der Waals surface area contributed by atoms with Gasteiger partial charge in [-0.2, -0.15) is 0 Å². The van der Waals surface area contributed by atoms with Crippen LogP contribution in [0.4, 0.5) is 10.5 Å². The van der Waals surface area contributed by atoms with E-state index in [0.717, 1.165) is 5.56 Å². The number of benzene rings is 1. The Morgan fingerprint density at radius 1 is 1.12 bits per heavy atom. The lowest BCUT2D eigenvalue weighted by Gasteiger charge is -2.26. The molecule has 0 radical (unpaired) electrons. The van der Waals surface area contributed by atoms with Gasteiger partial charge in [0, 0.05) is 23.3 Å². The van der Waals surface area contributed by atoms with Crippen LogP contribution in [-0.4, -0.2) is 35.1 Å². The van der Waals surface area contributed by atoms with Crippen molar-refractivity contribution in [2.75, 3.05) is 5.32 Å². The van der Waals surface area contributed by atoms with Gasteiger partial charge in [0.2, 0.25) is 0 Å². The third kappa shape index (κ3) is 5.47. The molecule has 7 nitrogen and oxygen atoms in total. The maximum absolute atomic E-state index is 12.2. The third-order valence-electron chi connectivity index (χ3n) is 4.57. The summed E-state index contributed by atoms with van der Waals surface area (Å²) in [5, 5.41) is 17.5. The average Bonchev–Trinajstić information content (AvgIpc) is 2.56. The van der Waals surface area contributed by atoms with E-state index in [-0.39, 0.29) is 29.9 Å². The van der Waals surface area contributed by atoms with Crippen LogP contribution in [0.3, 0.4) is 0 Å². The van der Waals surface area contributed by atoms with Gasteiger partial charge in [0.15, 0.2) is 0 Å². The number of anilines is 1. The summed E-state index contributed by atoms with van der Waals surface area (Å²) in [4.78, 5) is 35.4. The summed E-state index contributed by atoms with van der Waals surface area (Å²) in [5.41, 5.74) is 1.90. The molecule has 0 unspecified atom stereocenters. The molecule has 0 spiro atoms. The lowest BCUT2D eigenvalue weighted by Crippen LogP contribution is -2.41. The van der Waals surface area contributed by atoms with Gasteiger partial charge in [-0.15, -0.1) is 0 Å². The van der Waals surface area contributed by atoms with E-state index in [1.54, 1.807) is 18.2 Å². The highest BCUT2D eigenvalue weighted by molar-refractivity contribution is 5.98. The molecule has 1 aromatic rings. The van der Waals surface area contributed by atoms with Crippen molar-refractivity contribution in [1.82, 2.24) is 10.6 Å². The fraction of sp³-hybridized carbons (Fsp3) is 0.526. The first-order chi connectivity index (χ1) is 12.3. The number of carbonyl (C=O) groups excluding carboxylic acids is 2. The summed E-state index contributed by atoms with van der Waals surface area (Å²) >= 11 is 0. The van der Waals surface area contributed by atoms with E-state index in [9.17, 15) is 14.4 Å². The molecule has 0 aromatic heterocycles. The minimum Gasteiger partial charge on any atom is -0.481 e. The zero-order valence-corrected chi connectivity index (χ0v) is 15.5. The molecule has 0 atom stereocenters. The van der Waals surface area contributed by atoms with Gasteiger partial charge in [0.05, 0.1) is 5.92 Å². The Bertz CT molecular complexity index is 679. The van der Waals surface area contributed by atoms with E-state index in [1.807, 2.05) is 20.8 Å². The number of amides is 3. The largest absolute Gasteiger partial charge is 0.481 e. The number of nitrogens with one attached hydrogen (secondary N) is 3. The molecule has 26 heavy (non-hydrogen) atoms. The number of aliphatic carboxylic acids is 1. The first kappa shape index (κ1) is 19.8. The van der Waals surface area contributed by atoms with Crippen LogP contribution in [0.15, 0.2) is 18.2 Å². The van der Waals surface area contributed by atoms with Gasteiger partial charge in [-0.05, 0) is 64.2 Å². The van der Waals surface area contributed by atoms with Crippen molar-refractivity contribution < 1.29 is 19.5 Å². The zero-order chi connectivity index (χ0) is 19.3. The third-order valence-corrected chi connectivity index (χ3v) is 4.57. The molecule has 0 saturated heterocycles. The Kier molecular flexibility index (Phi) is 6.60. The molecule has 1 fully saturated rings. The lowest BCUT2D eigenvalue weighted by atomic mass is 9.86. The molecule has 7 heteroatoms. The van der Waals surface area contributed by atoms with Crippen molar-refractivity contribution >= 4 is 23.6 Å². The normalized spacial score (nSPS) is 19.7. The Morgan fingerprint density at radius 3 is 2.35 bits per heavy atom. The number of urea groups is 1. The maximum Gasteiger partial charge on any atom is 0.319 e. The van der Waals surface area contributed by atoms with Crippen molar-refractivity contribution in [2.45, 2.75) is 58.5 Å². The van der Waals surface area contributed by atoms with Gasteiger partial charge >= 0.3 is 12.0 Å². The smallest absolute Gasteiger partial charge is 0.319 e. The number of carboxylic acids is 1. The predicted octanol–water partition coefficient (Wildman–Crippen LogP) is 2.90. The van der Waals surface area contributed by atoms with Gasteiger partial charge in [-0.3, -0.25) is 9.59 Å². The van der Waals surface area contributed by atoms with E-state index in [0.29, 0.717) is 36.9 Å². The molecule has 1 aromatic carbocycles. The number of aryl methyl sites for hydroxylation is 1. The fourth-order valence-corrected chi connectivity index (χ4v) is 3.12. The number of hydrogen-bond donors (Lipinski definition) is 4. The van der Waals surface area contributed by atoms with E-state index in [1.165, 1.54) is 0 Å². The quantitative estimate of drug-likeness (QED) is 0.647. The molecule has 3 amide bonds. The van der Waals surface area contributed by atoms with E-state index in [2.05, 4.69) is 16.0 Å². The minimum absolute atomic E-state index is 0.0280. The standard InChI is InChI=1S/C19H27N3O4/c1-11(2)20-17(23)16-10-15(7-4-12(16)3)22-19(26)21-14-8-5-13(6-9-14)18(24)25/h4,7,10-11,13-14H,5-6,8-9H2,1-3H3,(H,20,23)(H,24,25)(H2,21,22,26). The second kappa shape index (κ2) is 8.69. The van der Waals surface area contributed by atoms with Crippen molar-refractivity contribution in [3.8, 4) is 0 Å². The Labute approximate surface area is 153 Å². The highest BCUT2D eigenvalue weighted by atomic mass is 16.4. The maximum atomic E-state index is 12.2. The van der Waals surface area contributed by atoms with Crippen LogP contribution < -0.4 is 16.0 Å². The van der Waals surface area contributed by atoms with Crippen LogP contribution in [0.5, 0.6) is 0 Å². The molecular weight excluding hydrogens is 334 g/mol. The van der Waals surface area contributed by atoms with Crippen LogP contribution >= 0.6 is 0 Å². The predicted molar refractivity (Wildman–Crippen MR) is 99.3 cm³/mol. The lowest BCUT2D eigenvalue weighted by molar-refractivity contribution is -0.142. The van der Waals surface area contributed by atoms with Crippen LogP contribution in [0, 0.1) is 12.8 Å². The second-order valence-corrected chi connectivity index (χ2v) is 7.14. The van der Waals surface area contributed by atoms with Gasteiger partial charge in [-0.1, -0.05) is 6.07 Å². The Balaban J connectivity index is 1.93. The van der Waals surface area contributed by atoms with Crippen LogP contribution in [-0.2, 0) is 4.79 Å². The number of hydrogen-bond acceptors (Lipinski definition) is 3. The van der Waals surface area contributed by atoms with E-state index in [4.69, 9.17) is 5.11 Å². The van der Waals surface area contributed by atoms with Crippen molar-refractivity contribution in [3.63, 3.8) is 0 Å². The summed E-state index contributed by atoms with van der Waals surface area (Å²) in [6.07, 6.45) is 2.45. The van der Waals surface area contributed by atoms with Gasteiger partial charge in [-0.25, -0.2) is 4.79 Å². The fourth-order valence-electron chi connectivity index (χ4n) is 3.12. The summed E-state index contributed by atoms with van der Waals surface area (Å²) in [7, 11) is 0. The highest BCUT2D eigenvalue weighted by Crippen LogP contribution is 2.24. The molecule has 1 saturated carbocycles.